The molecule has 0 bridgehead atoms. The van der Waals surface area contributed by atoms with E-state index >= 15 is 0 Å². The topological polar surface area (TPSA) is 68.3 Å². The molecule has 0 saturated carbocycles. The quantitative estimate of drug-likeness (QED) is 0.795. The second-order valence-corrected chi connectivity index (χ2v) is 4.35. The zero-order valence-electron chi connectivity index (χ0n) is 10.2. The van der Waals surface area contributed by atoms with Gasteiger partial charge in [-0.05, 0) is 41.9 Å². The van der Waals surface area contributed by atoms with E-state index in [1.165, 1.54) is 18.7 Å². The first-order valence-corrected chi connectivity index (χ1v) is 6.15. The van der Waals surface area contributed by atoms with Crippen molar-refractivity contribution in [1.82, 2.24) is 4.98 Å². The Kier molecular flexibility index (Phi) is 3.26. The molecule has 2 heterocycles. The molecule has 0 aliphatic carbocycles. The van der Waals surface area contributed by atoms with Gasteiger partial charge in [0.05, 0.1) is 18.0 Å². The molecule has 2 aromatic heterocycles. The number of hydrogen-bond donors (Lipinski definition) is 1. The number of benzene rings is 1. The lowest BCUT2D eigenvalue weighted by Crippen LogP contribution is -2.11. The number of halogens is 1. The van der Waals surface area contributed by atoms with E-state index in [1.807, 2.05) is 12.1 Å². The summed E-state index contributed by atoms with van der Waals surface area (Å²) in [5.41, 5.74) is 1.82. The summed E-state index contributed by atoms with van der Waals surface area (Å²) in [5.74, 6) is 0.344. The molecule has 20 heavy (non-hydrogen) atoms. The van der Waals surface area contributed by atoms with Crippen molar-refractivity contribution in [3.05, 3.63) is 60.0 Å². The Hall–Kier alpha value is -2.53. The summed E-state index contributed by atoms with van der Waals surface area (Å²) in [5, 5.41) is 2.80. The monoisotopic (exact) mass is 288 g/mol. The molecule has 5 nitrogen and oxygen atoms in total. The van der Waals surface area contributed by atoms with Crippen LogP contribution in [0.4, 0.5) is 5.69 Å². The number of oxazole rings is 1. The predicted octanol–water partition coefficient (Wildman–Crippen LogP) is 3.84. The molecule has 0 unspecified atom stereocenters. The van der Waals surface area contributed by atoms with Crippen molar-refractivity contribution in [1.29, 1.82) is 0 Å². The molecule has 6 heteroatoms. The van der Waals surface area contributed by atoms with Gasteiger partial charge in [0.2, 0.25) is 5.22 Å². The molecule has 1 N–H and O–H groups in total. The molecular formula is C14H9ClN2O3. The Labute approximate surface area is 119 Å². The minimum atomic E-state index is -0.323. The third-order valence-corrected chi connectivity index (χ3v) is 3.01. The smallest absolute Gasteiger partial charge is 0.260 e. The average Bonchev–Trinajstić information content (AvgIpc) is 3.10. The van der Waals surface area contributed by atoms with Crippen molar-refractivity contribution in [2.75, 3.05) is 5.32 Å². The molecule has 100 valence electrons. The molecule has 0 spiro atoms. The highest BCUT2D eigenvalue weighted by molar-refractivity contribution is 6.32. The van der Waals surface area contributed by atoms with Gasteiger partial charge >= 0.3 is 0 Å². The maximum atomic E-state index is 11.9. The number of furan rings is 1. The number of anilines is 1. The zero-order chi connectivity index (χ0) is 13.9. The van der Waals surface area contributed by atoms with E-state index in [4.69, 9.17) is 20.4 Å². The van der Waals surface area contributed by atoms with E-state index in [2.05, 4.69) is 10.3 Å². The molecule has 0 atom stereocenters. The summed E-state index contributed by atoms with van der Waals surface area (Å²) < 4.78 is 10.1. The Morgan fingerprint density at radius 1 is 1.15 bits per heavy atom. The maximum absolute atomic E-state index is 11.9. The Morgan fingerprint density at radius 3 is 2.55 bits per heavy atom. The van der Waals surface area contributed by atoms with Crippen molar-refractivity contribution >= 4 is 23.2 Å². The summed E-state index contributed by atoms with van der Waals surface area (Å²) in [6.45, 7) is 0. The number of carbonyl (C=O) groups is 1. The van der Waals surface area contributed by atoms with E-state index in [1.54, 1.807) is 18.3 Å². The lowest BCUT2D eigenvalue weighted by Gasteiger charge is -2.04. The fourth-order valence-electron chi connectivity index (χ4n) is 1.73. The summed E-state index contributed by atoms with van der Waals surface area (Å²) in [7, 11) is 0. The zero-order valence-corrected chi connectivity index (χ0v) is 10.9. The summed E-state index contributed by atoms with van der Waals surface area (Å²) in [4.78, 5) is 15.8. The molecule has 1 aromatic carbocycles. The second-order valence-electron chi connectivity index (χ2n) is 4.01. The molecule has 0 radical (unpaired) electrons. The van der Waals surface area contributed by atoms with Gasteiger partial charge in [-0.1, -0.05) is 0 Å². The minimum Gasteiger partial charge on any atom is -0.452 e. The highest BCUT2D eigenvalue weighted by atomic mass is 35.5. The van der Waals surface area contributed by atoms with Crippen LogP contribution in [0.2, 0.25) is 5.22 Å². The van der Waals surface area contributed by atoms with Gasteiger partial charge < -0.3 is 14.2 Å². The minimum absolute atomic E-state index is 0.0702. The molecule has 0 saturated heterocycles. The average molecular weight is 289 g/mol. The summed E-state index contributed by atoms with van der Waals surface area (Å²) in [6.07, 6.45) is 4.36. The van der Waals surface area contributed by atoms with Crippen LogP contribution in [0.25, 0.3) is 11.3 Å². The lowest BCUT2D eigenvalue weighted by atomic mass is 10.1. The number of rotatable bonds is 3. The SMILES string of the molecule is O=C(Nc1ccc(-c2cnco2)cc1)c1ccoc1Cl. The van der Waals surface area contributed by atoms with Gasteiger partial charge in [0.15, 0.2) is 12.2 Å². The Balaban J connectivity index is 1.76. The van der Waals surface area contributed by atoms with E-state index < -0.39 is 0 Å². The van der Waals surface area contributed by atoms with Gasteiger partial charge in [0.25, 0.3) is 5.91 Å². The van der Waals surface area contributed by atoms with Gasteiger partial charge in [0, 0.05) is 11.3 Å². The Morgan fingerprint density at radius 2 is 1.95 bits per heavy atom. The molecule has 3 aromatic rings. The Bertz CT molecular complexity index is 717. The van der Waals surface area contributed by atoms with E-state index in [0.29, 0.717) is 17.0 Å². The summed E-state index contributed by atoms with van der Waals surface area (Å²) >= 11 is 5.75. The van der Waals surface area contributed by atoms with Crippen LogP contribution in [-0.4, -0.2) is 10.9 Å². The van der Waals surface area contributed by atoms with Crippen molar-refractivity contribution < 1.29 is 13.6 Å². The van der Waals surface area contributed by atoms with Crippen LogP contribution in [0.3, 0.4) is 0 Å². The molecule has 0 aliphatic rings. The molecular weight excluding hydrogens is 280 g/mol. The van der Waals surface area contributed by atoms with Crippen LogP contribution in [-0.2, 0) is 0 Å². The molecule has 0 fully saturated rings. The fraction of sp³-hybridized carbons (Fsp3) is 0. The lowest BCUT2D eigenvalue weighted by molar-refractivity contribution is 0.102. The van der Waals surface area contributed by atoms with Crippen LogP contribution in [0.5, 0.6) is 0 Å². The first-order valence-electron chi connectivity index (χ1n) is 5.77. The number of amides is 1. The summed E-state index contributed by atoms with van der Waals surface area (Å²) in [6, 6.07) is 8.70. The van der Waals surface area contributed by atoms with Gasteiger partial charge in [-0.25, -0.2) is 4.98 Å². The number of hydrogen-bond acceptors (Lipinski definition) is 4. The molecule has 1 amide bonds. The van der Waals surface area contributed by atoms with Gasteiger partial charge in [0.1, 0.15) is 0 Å². The van der Waals surface area contributed by atoms with Crippen molar-refractivity contribution in [2.45, 2.75) is 0 Å². The number of carbonyl (C=O) groups excluding carboxylic acids is 1. The van der Waals surface area contributed by atoms with Gasteiger partial charge in [-0.3, -0.25) is 4.79 Å². The fourth-order valence-corrected chi connectivity index (χ4v) is 1.93. The van der Waals surface area contributed by atoms with E-state index in [0.717, 1.165) is 5.56 Å². The number of nitrogens with one attached hydrogen (secondary N) is 1. The number of nitrogens with zero attached hydrogens (tertiary/aromatic N) is 1. The van der Waals surface area contributed by atoms with Crippen LogP contribution >= 0.6 is 11.6 Å². The van der Waals surface area contributed by atoms with Crippen molar-refractivity contribution in [3.8, 4) is 11.3 Å². The third-order valence-electron chi connectivity index (χ3n) is 2.72. The first kappa shape index (κ1) is 12.5. The second kappa shape index (κ2) is 5.22. The van der Waals surface area contributed by atoms with Crippen LogP contribution in [0, 0.1) is 0 Å². The largest absolute Gasteiger partial charge is 0.452 e. The third kappa shape index (κ3) is 2.44. The normalized spacial score (nSPS) is 10.4. The molecule has 0 aliphatic heterocycles. The predicted molar refractivity (Wildman–Crippen MR) is 73.6 cm³/mol. The van der Waals surface area contributed by atoms with Crippen molar-refractivity contribution in [2.24, 2.45) is 0 Å². The highest BCUT2D eigenvalue weighted by Crippen LogP contribution is 2.22. The van der Waals surface area contributed by atoms with Gasteiger partial charge in [-0.15, -0.1) is 0 Å². The van der Waals surface area contributed by atoms with Gasteiger partial charge in [-0.2, -0.15) is 0 Å². The van der Waals surface area contributed by atoms with Crippen LogP contribution < -0.4 is 5.32 Å². The van der Waals surface area contributed by atoms with E-state index in [-0.39, 0.29) is 11.1 Å². The highest BCUT2D eigenvalue weighted by Gasteiger charge is 2.13. The molecule has 3 rings (SSSR count). The van der Waals surface area contributed by atoms with Crippen LogP contribution in [0.1, 0.15) is 10.4 Å². The standard InChI is InChI=1S/C14H9ClN2O3/c15-13-11(5-6-19-13)14(18)17-10-3-1-9(2-4-10)12-7-16-8-20-12/h1-8H,(H,17,18). The van der Waals surface area contributed by atoms with Crippen LogP contribution in [0.15, 0.2) is 58.0 Å². The number of aromatic nitrogens is 1. The van der Waals surface area contributed by atoms with Crippen molar-refractivity contribution in [3.63, 3.8) is 0 Å². The van der Waals surface area contributed by atoms with E-state index in [9.17, 15) is 4.79 Å². The maximum Gasteiger partial charge on any atom is 0.260 e. The first-order chi connectivity index (χ1) is 9.74.